The molecular weight excluding hydrogens is 256 g/mol. The van der Waals surface area contributed by atoms with Crippen LogP contribution in [-0.4, -0.2) is 44.6 Å². The standard InChI is InChI=1S/C15H20N2O3/c1-18-13-9-12(10-14-15(13)20-8-7-19-14)11-16-17-5-3-2-4-6-17/h9-11H,2-8H2,1H3/b16-11-. The molecular formula is C15H20N2O3. The Morgan fingerprint density at radius 3 is 2.75 bits per heavy atom. The number of ether oxygens (including phenoxy) is 3. The van der Waals surface area contributed by atoms with Gasteiger partial charge < -0.3 is 14.2 Å². The van der Waals surface area contributed by atoms with E-state index in [4.69, 9.17) is 14.2 Å². The van der Waals surface area contributed by atoms with Gasteiger partial charge in [0.2, 0.25) is 5.75 Å². The molecule has 108 valence electrons. The summed E-state index contributed by atoms with van der Waals surface area (Å²) in [5.41, 5.74) is 0.969. The van der Waals surface area contributed by atoms with E-state index in [1.165, 1.54) is 19.3 Å². The molecule has 1 aromatic rings. The average Bonchev–Trinajstić information content (AvgIpc) is 2.53. The molecule has 3 rings (SSSR count). The van der Waals surface area contributed by atoms with Crippen LogP contribution in [0, 0.1) is 0 Å². The quantitative estimate of drug-likeness (QED) is 0.794. The molecule has 5 nitrogen and oxygen atoms in total. The van der Waals surface area contributed by atoms with Crippen LogP contribution in [0.3, 0.4) is 0 Å². The molecule has 1 saturated heterocycles. The number of benzene rings is 1. The van der Waals surface area contributed by atoms with E-state index in [-0.39, 0.29) is 0 Å². The van der Waals surface area contributed by atoms with Crippen molar-refractivity contribution in [3.63, 3.8) is 0 Å². The molecule has 0 radical (unpaired) electrons. The molecule has 2 aliphatic rings. The van der Waals surface area contributed by atoms with Crippen LogP contribution in [0.2, 0.25) is 0 Å². The molecule has 2 heterocycles. The second kappa shape index (κ2) is 6.03. The third-order valence-electron chi connectivity index (χ3n) is 3.55. The third-order valence-corrected chi connectivity index (χ3v) is 3.55. The van der Waals surface area contributed by atoms with Crippen molar-refractivity contribution in [2.24, 2.45) is 5.10 Å². The molecule has 0 amide bonds. The monoisotopic (exact) mass is 276 g/mol. The number of methoxy groups -OCH3 is 1. The zero-order valence-electron chi connectivity index (χ0n) is 11.8. The highest BCUT2D eigenvalue weighted by Gasteiger charge is 2.18. The fourth-order valence-corrected chi connectivity index (χ4v) is 2.51. The maximum absolute atomic E-state index is 5.62. The Bertz CT molecular complexity index is 479. The topological polar surface area (TPSA) is 43.3 Å². The van der Waals surface area contributed by atoms with Gasteiger partial charge in [-0.1, -0.05) is 0 Å². The van der Waals surface area contributed by atoms with E-state index in [1.807, 2.05) is 18.3 Å². The Kier molecular flexibility index (Phi) is 3.95. The van der Waals surface area contributed by atoms with Crippen molar-refractivity contribution in [3.05, 3.63) is 17.7 Å². The van der Waals surface area contributed by atoms with Gasteiger partial charge in [-0.3, -0.25) is 5.01 Å². The lowest BCUT2D eigenvalue weighted by atomic mass is 10.1. The van der Waals surface area contributed by atoms with Crippen LogP contribution in [-0.2, 0) is 0 Å². The molecule has 1 fully saturated rings. The number of nitrogens with zero attached hydrogens (tertiary/aromatic N) is 2. The van der Waals surface area contributed by atoms with Gasteiger partial charge in [0.05, 0.1) is 13.3 Å². The normalized spacial score (nSPS) is 18.4. The van der Waals surface area contributed by atoms with Gasteiger partial charge in [-0.2, -0.15) is 5.10 Å². The van der Waals surface area contributed by atoms with Crippen LogP contribution < -0.4 is 14.2 Å². The minimum Gasteiger partial charge on any atom is -0.493 e. The van der Waals surface area contributed by atoms with Crippen LogP contribution >= 0.6 is 0 Å². The zero-order valence-corrected chi connectivity index (χ0v) is 11.8. The number of piperidine rings is 1. The summed E-state index contributed by atoms with van der Waals surface area (Å²) in [6.45, 7) is 3.21. The Morgan fingerprint density at radius 2 is 1.95 bits per heavy atom. The maximum atomic E-state index is 5.62. The highest BCUT2D eigenvalue weighted by Crippen LogP contribution is 2.40. The summed E-state index contributed by atoms with van der Waals surface area (Å²) in [5.74, 6) is 2.12. The predicted molar refractivity (Wildman–Crippen MR) is 77.0 cm³/mol. The van der Waals surface area contributed by atoms with E-state index in [9.17, 15) is 0 Å². The Balaban J connectivity index is 1.80. The molecule has 0 saturated carbocycles. The first-order valence-corrected chi connectivity index (χ1v) is 7.13. The summed E-state index contributed by atoms with van der Waals surface area (Å²) < 4.78 is 16.6. The Labute approximate surface area is 119 Å². The SMILES string of the molecule is COc1cc(/C=N\N2CCCCC2)cc2c1OCCO2. The number of rotatable bonds is 3. The van der Waals surface area contributed by atoms with E-state index in [1.54, 1.807) is 7.11 Å². The van der Waals surface area contributed by atoms with Gasteiger partial charge in [0.15, 0.2) is 11.5 Å². The zero-order chi connectivity index (χ0) is 13.8. The van der Waals surface area contributed by atoms with Crippen LogP contribution in [0.5, 0.6) is 17.2 Å². The average molecular weight is 276 g/mol. The van der Waals surface area contributed by atoms with Crippen molar-refractivity contribution in [2.75, 3.05) is 33.4 Å². The smallest absolute Gasteiger partial charge is 0.203 e. The van der Waals surface area contributed by atoms with Crippen molar-refractivity contribution in [1.29, 1.82) is 0 Å². The third kappa shape index (κ3) is 2.81. The van der Waals surface area contributed by atoms with Gasteiger partial charge in [0, 0.05) is 18.7 Å². The minimum atomic E-state index is 0.560. The van der Waals surface area contributed by atoms with Gasteiger partial charge in [-0.25, -0.2) is 0 Å². The van der Waals surface area contributed by atoms with Gasteiger partial charge in [0.1, 0.15) is 13.2 Å². The second-order valence-corrected chi connectivity index (χ2v) is 5.01. The molecule has 5 heteroatoms. The summed E-state index contributed by atoms with van der Waals surface area (Å²) in [7, 11) is 1.64. The molecule has 0 unspecified atom stereocenters. The lowest BCUT2D eigenvalue weighted by Crippen LogP contribution is -2.24. The van der Waals surface area contributed by atoms with Crippen molar-refractivity contribution >= 4 is 6.21 Å². The molecule has 1 aromatic carbocycles. The highest BCUT2D eigenvalue weighted by molar-refractivity contribution is 5.82. The summed E-state index contributed by atoms with van der Waals surface area (Å²) in [4.78, 5) is 0. The van der Waals surface area contributed by atoms with Crippen molar-refractivity contribution < 1.29 is 14.2 Å². The second-order valence-electron chi connectivity index (χ2n) is 5.01. The van der Waals surface area contributed by atoms with E-state index < -0.39 is 0 Å². The number of fused-ring (bicyclic) bond motifs is 1. The van der Waals surface area contributed by atoms with Crippen LogP contribution in [0.25, 0.3) is 0 Å². The first-order valence-electron chi connectivity index (χ1n) is 7.13. The Hall–Kier alpha value is -1.91. The lowest BCUT2D eigenvalue weighted by molar-refractivity contribution is 0.165. The van der Waals surface area contributed by atoms with E-state index >= 15 is 0 Å². The summed E-state index contributed by atoms with van der Waals surface area (Å²) in [5, 5.41) is 6.65. The molecule has 20 heavy (non-hydrogen) atoms. The van der Waals surface area contributed by atoms with E-state index in [0.717, 1.165) is 24.4 Å². The summed E-state index contributed by atoms with van der Waals surface area (Å²) in [6, 6.07) is 3.88. The number of hydrazone groups is 1. The molecule has 0 bridgehead atoms. The van der Waals surface area contributed by atoms with Gasteiger partial charge in [0.25, 0.3) is 0 Å². The maximum Gasteiger partial charge on any atom is 0.203 e. The molecule has 0 aromatic heterocycles. The van der Waals surface area contributed by atoms with E-state index in [0.29, 0.717) is 24.7 Å². The summed E-state index contributed by atoms with van der Waals surface area (Å²) in [6.07, 6.45) is 5.62. The molecule has 0 atom stereocenters. The minimum absolute atomic E-state index is 0.560. The van der Waals surface area contributed by atoms with Crippen LogP contribution in [0.4, 0.5) is 0 Å². The molecule has 0 aliphatic carbocycles. The van der Waals surface area contributed by atoms with Crippen molar-refractivity contribution in [2.45, 2.75) is 19.3 Å². The first-order chi connectivity index (χ1) is 9.86. The molecule has 2 aliphatic heterocycles. The van der Waals surface area contributed by atoms with Crippen LogP contribution in [0.1, 0.15) is 24.8 Å². The molecule has 0 spiro atoms. The van der Waals surface area contributed by atoms with E-state index in [2.05, 4.69) is 10.1 Å². The highest BCUT2D eigenvalue weighted by atomic mass is 16.6. The number of hydrogen-bond acceptors (Lipinski definition) is 5. The Morgan fingerprint density at radius 1 is 1.15 bits per heavy atom. The summed E-state index contributed by atoms with van der Waals surface area (Å²) >= 11 is 0. The van der Waals surface area contributed by atoms with Gasteiger partial charge in [-0.15, -0.1) is 0 Å². The number of hydrogen-bond donors (Lipinski definition) is 0. The molecule has 0 N–H and O–H groups in total. The fraction of sp³-hybridized carbons (Fsp3) is 0.533. The first kappa shape index (κ1) is 13.1. The van der Waals surface area contributed by atoms with Crippen molar-refractivity contribution in [3.8, 4) is 17.2 Å². The largest absolute Gasteiger partial charge is 0.493 e. The van der Waals surface area contributed by atoms with Crippen molar-refractivity contribution in [1.82, 2.24) is 5.01 Å². The van der Waals surface area contributed by atoms with Gasteiger partial charge >= 0.3 is 0 Å². The lowest BCUT2D eigenvalue weighted by Gasteiger charge is -2.23. The predicted octanol–water partition coefficient (Wildman–Crippen LogP) is 2.29. The fourth-order valence-electron chi connectivity index (χ4n) is 2.51. The van der Waals surface area contributed by atoms with Gasteiger partial charge in [-0.05, 0) is 31.4 Å². The van der Waals surface area contributed by atoms with Crippen LogP contribution in [0.15, 0.2) is 17.2 Å².